The Hall–Kier alpha value is -0.920. The first kappa shape index (κ1) is 10.1. The summed E-state index contributed by atoms with van der Waals surface area (Å²) in [7, 11) is 0. The molecular formula is C7H8BrN3. The van der Waals surface area contributed by atoms with Crippen LogP contribution < -0.4 is 5.73 Å². The monoisotopic (exact) mass is 213 g/mol. The van der Waals surface area contributed by atoms with E-state index in [4.69, 9.17) is 11.0 Å². The average Bonchev–Trinajstić information content (AvgIpc) is 2.04. The van der Waals surface area contributed by atoms with Gasteiger partial charge in [-0.1, -0.05) is 0 Å². The first-order chi connectivity index (χ1) is 4.88. The first-order valence-electron chi connectivity index (χ1n) is 2.92. The third kappa shape index (κ3) is 2.30. The topological polar surface area (TPSA) is 62.7 Å². The molecule has 0 fully saturated rings. The van der Waals surface area contributed by atoms with Crippen molar-refractivity contribution in [2.45, 2.75) is 6.54 Å². The molecular weight excluding hydrogens is 206 g/mol. The Morgan fingerprint density at radius 3 is 2.82 bits per heavy atom. The number of nitrogens with two attached hydrogens (primary N) is 1. The number of pyridine rings is 1. The zero-order valence-electron chi connectivity index (χ0n) is 5.82. The van der Waals surface area contributed by atoms with Crippen molar-refractivity contribution in [3.8, 4) is 6.07 Å². The molecule has 1 aromatic rings. The van der Waals surface area contributed by atoms with Crippen molar-refractivity contribution in [1.82, 2.24) is 4.98 Å². The fourth-order valence-electron chi connectivity index (χ4n) is 0.702. The second-order valence-electron chi connectivity index (χ2n) is 1.81. The van der Waals surface area contributed by atoms with E-state index in [0.717, 1.165) is 0 Å². The zero-order chi connectivity index (χ0) is 7.40. The van der Waals surface area contributed by atoms with Crippen molar-refractivity contribution in [3.05, 3.63) is 29.6 Å². The molecule has 1 rings (SSSR count). The Balaban J connectivity index is 0.000001000. The van der Waals surface area contributed by atoms with E-state index in [1.165, 1.54) is 0 Å². The summed E-state index contributed by atoms with van der Waals surface area (Å²) in [5, 5.41) is 8.50. The highest BCUT2D eigenvalue weighted by molar-refractivity contribution is 8.93. The minimum Gasteiger partial charge on any atom is -0.325 e. The number of halogens is 1. The third-order valence-corrected chi connectivity index (χ3v) is 1.20. The number of nitriles is 1. The van der Waals surface area contributed by atoms with Crippen LogP contribution in [0.15, 0.2) is 18.3 Å². The smallest absolute Gasteiger partial charge is 0.101 e. The quantitative estimate of drug-likeness (QED) is 0.758. The van der Waals surface area contributed by atoms with E-state index < -0.39 is 0 Å². The van der Waals surface area contributed by atoms with Gasteiger partial charge in [0, 0.05) is 12.7 Å². The van der Waals surface area contributed by atoms with Crippen molar-refractivity contribution in [2.75, 3.05) is 0 Å². The number of hydrogen-bond donors (Lipinski definition) is 1. The highest BCUT2D eigenvalue weighted by Crippen LogP contribution is 2.00. The molecule has 4 heteroatoms. The van der Waals surface area contributed by atoms with E-state index in [9.17, 15) is 0 Å². The Kier molecular flexibility index (Phi) is 4.42. The van der Waals surface area contributed by atoms with Crippen LogP contribution in [0.3, 0.4) is 0 Å². The fraction of sp³-hybridized carbons (Fsp3) is 0.143. The van der Waals surface area contributed by atoms with Gasteiger partial charge in [0.1, 0.15) is 6.07 Å². The van der Waals surface area contributed by atoms with Crippen molar-refractivity contribution in [1.29, 1.82) is 5.26 Å². The van der Waals surface area contributed by atoms with Crippen LogP contribution in [0, 0.1) is 11.3 Å². The summed E-state index contributed by atoms with van der Waals surface area (Å²) in [6, 6.07) is 5.43. The van der Waals surface area contributed by atoms with Gasteiger partial charge >= 0.3 is 0 Å². The summed E-state index contributed by atoms with van der Waals surface area (Å²) in [5.41, 5.74) is 6.53. The zero-order valence-corrected chi connectivity index (χ0v) is 7.53. The van der Waals surface area contributed by atoms with Crippen molar-refractivity contribution in [2.24, 2.45) is 5.73 Å². The van der Waals surface area contributed by atoms with Gasteiger partial charge in [0.25, 0.3) is 0 Å². The van der Waals surface area contributed by atoms with E-state index in [0.29, 0.717) is 17.8 Å². The Bertz CT molecular complexity index is 267. The van der Waals surface area contributed by atoms with Crippen LogP contribution >= 0.6 is 17.0 Å². The molecule has 11 heavy (non-hydrogen) atoms. The van der Waals surface area contributed by atoms with Crippen LogP contribution in [0.5, 0.6) is 0 Å². The lowest BCUT2D eigenvalue weighted by molar-refractivity contribution is 0.981. The van der Waals surface area contributed by atoms with Crippen LogP contribution in [0.1, 0.15) is 11.3 Å². The summed E-state index contributed by atoms with van der Waals surface area (Å²) >= 11 is 0. The molecule has 0 atom stereocenters. The third-order valence-electron chi connectivity index (χ3n) is 1.20. The van der Waals surface area contributed by atoms with E-state index in [1.807, 2.05) is 6.07 Å². The predicted molar refractivity (Wildman–Crippen MR) is 47.2 cm³/mol. The molecule has 0 aliphatic rings. The van der Waals surface area contributed by atoms with Crippen LogP contribution in [-0.4, -0.2) is 4.98 Å². The molecule has 0 unspecified atom stereocenters. The van der Waals surface area contributed by atoms with E-state index >= 15 is 0 Å². The predicted octanol–water partition coefficient (Wildman–Crippen LogP) is 0.990. The number of hydrogen-bond acceptors (Lipinski definition) is 3. The van der Waals surface area contributed by atoms with Crippen LogP contribution in [0.4, 0.5) is 0 Å². The maximum atomic E-state index is 8.50. The summed E-state index contributed by atoms with van der Waals surface area (Å²) in [6.45, 7) is 0.323. The fourth-order valence-corrected chi connectivity index (χ4v) is 0.702. The molecule has 0 saturated heterocycles. The second-order valence-corrected chi connectivity index (χ2v) is 1.81. The van der Waals surface area contributed by atoms with E-state index in [2.05, 4.69) is 4.98 Å². The molecule has 58 valence electrons. The lowest BCUT2D eigenvalue weighted by Crippen LogP contribution is -2.01. The van der Waals surface area contributed by atoms with Crippen molar-refractivity contribution < 1.29 is 0 Å². The molecule has 0 aromatic carbocycles. The SMILES string of the molecule is Br.N#Cc1cccnc1CN. The molecule has 0 radical (unpaired) electrons. The van der Waals surface area contributed by atoms with E-state index in [1.54, 1.807) is 18.3 Å². The molecule has 0 spiro atoms. The van der Waals surface area contributed by atoms with Gasteiger partial charge in [-0.2, -0.15) is 5.26 Å². The van der Waals surface area contributed by atoms with Crippen LogP contribution in [0.2, 0.25) is 0 Å². The molecule has 0 aliphatic carbocycles. The van der Waals surface area contributed by atoms with Crippen LogP contribution in [-0.2, 0) is 6.54 Å². The Morgan fingerprint density at radius 2 is 2.36 bits per heavy atom. The van der Waals surface area contributed by atoms with Gasteiger partial charge in [-0.25, -0.2) is 0 Å². The molecule has 1 heterocycles. The van der Waals surface area contributed by atoms with Crippen molar-refractivity contribution in [3.63, 3.8) is 0 Å². The largest absolute Gasteiger partial charge is 0.325 e. The Morgan fingerprint density at radius 1 is 1.64 bits per heavy atom. The number of aromatic nitrogens is 1. The molecule has 2 N–H and O–H groups in total. The van der Waals surface area contributed by atoms with Crippen LogP contribution in [0.25, 0.3) is 0 Å². The minimum absolute atomic E-state index is 0. The van der Waals surface area contributed by atoms with Gasteiger partial charge in [0.2, 0.25) is 0 Å². The number of nitrogens with zero attached hydrogens (tertiary/aromatic N) is 2. The number of rotatable bonds is 1. The maximum Gasteiger partial charge on any atom is 0.101 e. The van der Waals surface area contributed by atoms with Gasteiger partial charge < -0.3 is 5.73 Å². The summed E-state index contributed by atoms with van der Waals surface area (Å²) in [4.78, 5) is 3.92. The van der Waals surface area contributed by atoms with Gasteiger partial charge in [-0.15, -0.1) is 17.0 Å². The molecule has 0 aliphatic heterocycles. The first-order valence-corrected chi connectivity index (χ1v) is 2.92. The van der Waals surface area contributed by atoms with Gasteiger partial charge in [-0.3, -0.25) is 4.98 Å². The highest BCUT2D eigenvalue weighted by atomic mass is 79.9. The standard InChI is InChI=1S/C7H7N3.BrH/c8-4-6-2-1-3-10-7(6)5-9;/h1-3H,5,9H2;1H. The summed E-state index contributed by atoms with van der Waals surface area (Å²) in [5.74, 6) is 0. The normalized spacial score (nSPS) is 8.00. The molecule has 0 bridgehead atoms. The van der Waals surface area contributed by atoms with Gasteiger partial charge in [-0.05, 0) is 12.1 Å². The van der Waals surface area contributed by atoms with Gasteiger partial charge in [0.05, 0.1) is 11.3 Å². The molecule has 0 saturated carbocycles. The summed E-state index contributed by atoms with van der Waals surface area (Å²) < 4.78 is 0. The average molecular weight is 214 g/mol. The summed E-state index contributed by atoms with van der Waals surface area (Å²) in [6.07, 6.45) is 1.63. The lowest BCUT2D eigenvalue weighted by Gasteiger charge is -1.95. The second kappa shape index (κ2) is 4.83. The molecule has 1 aromatic heterocycles. The Labute approximate surface area is 75.6 Å². The van der Waals surface area contributed by atoms with Crippen molar-refractivity contribution >= 4 is 17.0 Å². The van der Waals surface area contributed by atoms with Gasteiger partial charge in [0.15, 0.2) is 0 Å². The lowest BCUT2D eigenvalue weighted by atomic mass is 10.2. The molecule has 0 amide bonds. The highest BCUT2D eigenvalue weighted by Gasteiger charge is 1.96. The minimum atomic E-state index is 0. The maximum absolute atomic E-state index is 8.50. The molecule has 3 nitrogen and oxygen atoms in total. The van der Waals surface area contributed by atoms with E-state index in [-0.39, 0.29) is 17.0 Å².